The number of hydrogen-bond acceptors (Lipinski definition) is 6. The van der Waals surface area contributed by atoms with Crippen LogP contribution in [-0.2, 0) is 19.5 Å². The first-order valence-corrected chi connectivity index (χ1v) is 7.84. The highest BCUT2D eigenvalue weighted by molar-refractivity contribution is 7.89. The van der Waals surface area contributed by atoms with E-state index >= 15 is 0 Å². The molecule has 9 nitrogen and oxygen atoms in total. The van der Waals surface area contributed by atoms with Gasteiger partial charge in [-0.2, -0.15) is 0 Å². The van der Waals surface area contributed by atoms with Crippen LogP contribution in [0.15, 0.2) is 17.0 Å². The lowest BCUT2D eigenvalue weighted by Crippen LogP contribution is -2.23. The van der Waals surface area contributed by atoms with E-state index in [0.29, 0.717) is 5.56 Å². The van der Waals surface area contributed by atoms with Gasteiger partial charge in [-0.1, -0.05) is 0 Å². The Morgan fingerprint density at radius 1 is 1.00 bits per heavy atom. The fraction of sp³-hybridized carbons (Fsp3) is 0.385. The van der Waals surface area contributed by atoms with Gasteiger partial charge in [0.15, 0.2) is 0 Å². The molecule has 2 amide bonds. The molecule has 0 aliphatic carbocycles. The third-order valence-corrected chi connectivity index (χ3v) is 4.80. The van der Waals surface area contributed by atoms with Gasteiger partial charge in [0.1, 0.15) is 0 Å². The molecule has 0 fully saturated rings. The van der Waals surface area contributed by atoms with Crippen molar-refractivity contribution in [3.05, 3.63) is 17.7 Å². The van der Waals surface area contributed by atoms with Crippen LogP contribution in [0, 0.1) is 6.92 Å². The van der Waals surface area contributed by atoms with Gasteiger partial charge < -0.3 is 9.47 Å². The van der Waals surface area contributed by atoms with Gasteiger partial charge >= 0.3 is 12.2 Å². The van der Waals surface area contributed by atoms with Gasteiger partial charge in [0.05, 0.1) is 30.5 Å². The first-order valence-electron chi connectivity index (χ1n) is 6.40. The number of ether oxygens (including phenoxy) is 2. The van der Waals surface area contributed by atoms with Crippen molar-refractivity contribution in [1.29, 1.82) is 0 Å². The van der Waals surface area contributed by atoms with Gasteiger partial charge in [-0.05, 0) is 24.6 Å². The Hall–Kier alpha value is -2.33. The van der Waals surface area contributed by atoms with Crippen LogP contribution in [0.5, 0.6) is 0 Å². The molecule has 1 aromatic rings. The lowest BCUT2D eigenvalue weighted by Gasteiger charge is -2.17. The molecule has 1 aromatic carbocycles. The maximum Gasteiger partial charge on any atom is 0.411 e. The average molecular weight is 345 g/mol. The van der Waals surface area contributed by atoms with E-state index in [0.717, 1.165) is 4.31 Å². The first kappa shape index (κ1) is 18.7. The summed E-state index contributed by atoms with van der Waals surface area (Å²) in [5, 5.41) is 4.81. The second-order valence-corrected chi connectivity index (χ2v) is 6.82. The zero-order chi connectivity index (χ0) is 17.8. The molecule has 10 heteroatoms. The molecular weight excluding hydrogens is 326 g/mol. The van der Waals surface area contributed by atoms with Gasteiger partial charge in [0.2, 0.25) is 10.0 Å². The fourth-order valence-corrected chi connectivity index (χ4v) is 2.58. The van der Waals surface area contributed by atoms with Crippen LogP contribution in [0.25, 0.3) is 0 Å². The van der Waals surface area contributed by atoms with Gasteiger partial charge in [-0.25, -0.2) is 22.3 Å². The molecule has 0 heterocycles. The molecule has 0 saturated heterocycles. The number of nitrogens with one attached hydrogen (secondary N) is 2. The third kappa shape index (κ3) is 4.33. The summed E-state index contributed by atoms with van der Waals surface area (Å²) in [6.07, 6.45) is -1.53. The summed E-state index contributed by atoms with van der Waals surface area (Å²) >= 11 is 0. The molecule has 0 atom stereocenters. The van der Waals surface area contributed by atoms with Crippen molar-refractivity contribution in [3.63, 3.8) is 0 Å². The SMILES string of the molecule is COC(=O)Nc1cc(S(=O)(=O)N(C)C)cc(NC(=O)OC)c1C. The number of methoxy groups -OCH3 is 2. The number of carbonyl (C=O) groups is 2. The minimum atomic E-state index is -3.77. The van der Waals surface area contributed by atoms with E-state index in [1.165, 1.54) is 40.4 Å². The Kier molecular flexibility index (Phi) is 5.93. The second-order valence-electron chi connectivity index (χ2n) is 4.66. The molecule has 0 spiro atoms. The quantitative estimate of drug-likeness (QED) is 0.857. The van der Waals surface area contributed by atoms with Crippen molar-refractivity contribution < 1.29 is 27.5 Å². The highest BCUT2D eigenvalue weighted by atomic mass is 32.2. The van der Waals surface area contributed by atoms with Gasteiger partial charge in [0, 0.05) is 14.1 Å². The average Bonchev–Trinajstić information content (AvgIpc) is 2.50. The Morgan fingerprint density at radius 3 is 1.70 bits per heavy atom. The first-order chi connectivity index (χ1) is 10.6. The van der Waals surface area contributed by atoms with Crippen molar-refractivity contribution in [2.45, 2.75) is 11.8 Å². The molecule has 23 heavy (non-hydrogen) atoms. The summed E-state index contributed by atoms with van der Waals surface area (Å²) in [4.78, 5) is 22.7. The van der Waals surface area contributed by atoms with Crippen LogP contribution < -0.4 is 10.6 Å². The van der Waals surface area contributed by atoms with E-state index in [4.69, 9.17) is 0 Å². The van der Waals surface area contributed by atoms with E-state index in [9.17, 15) is 18.0 Å². The molecule has 1 rings (SSSR count). The number of carbonyl (C=O) groups excluding carboxylic acids is 2. The lowest BCUT2D eigenvalue weighted by atomic mass is 10.1. The highest BCUT2D eigenvalue weighted by Gasteiger charge is 2.22. The Morgan fingerprint density at radius 2 is 1.39 bits per heavy atom. The molecule has 0 unspecified atom stereocenters. The topological polar surface area (TPSA) is 114 Å². The minimum Gasteiger partial charge on any atom is -0.453 e. The van der Waals surface area contributed by atoms with E-state index in [1.54, 1.807) is 6.92 Å². The van der Waals surface area contributed by atoms with Gasteiger partial charge in [-0.3, -0.25) is 10.6 Å². The third-order valence-electron chi connectivity index (χ3n) is 3.00. The number of sulfonamides is 1. The van der Waals surface area contributed by atoms with Crippen molar-refractivity contribution in [3.8, 4) is 0 Å². The lowest BCUT2D eigenvalue weighted by molar-refractivity contribution is 0.186. The van der Waals surface area contributed by atoms with Crippen molar-refractivity contribution >= 4 is 33.6 Å². The summed E-state index contributed by atoms with van der Waals surface area (Å²) < 4.78 is 34.6. The summed E-state index contributed by atoms with van der Waals surface area (Å²) in [5.41, 5.74) is 0.816. The zero-order valence-corrected chi connectivity index (χ0v) is 14.3. The summed E-state index contributed by atoms with van der Waals surface area (Å²) in [6.45, 7) is 1.60. The number of benzene rings is 1. The maximum absolute atomic E-state index is 12.3. The maximum atomic E-state index is 12.3. The Labute approximate surface area is 134 Å². The minimum absolute atomic E-state index is 0.106. The Balaban J connectivity index is 3.48. The predicted molar refractivity (Wildman–Crippen MR) is 84.1 cm³/mol. The summed E-state index contributed by atoms with van der Waals surface area (Å²) in [6, 6.07) is 2.56. The zero-order valence-electron chi connectivity index (χ0n) is 13.5. The monoisotopic (exact) mass is 345 g/mol. The molecule has 0 radical (unpaired) electrons. The van der Waals surface area contributed by atoms with Crippen molar-refractivity contribution in [1.82, 2.24) is 4.31 Å². The predicted octanol–water partition coefficient (Wildman–Crippen LogP) is 1.60. The van der Waals surface area contributed by atoms with Gasteiger partial charge in [0.25, 0.3) is 0 Å². The Bertz CT molecular complexity index is 675. The van der Waals surface area contributed by atoms with Crippen LogP contribution >= 0.6 is 0 Å². The molecular formula is C13H19N3O6S. The van der Waals surface area contributed by atoms with E-state index in [1.807, 2.05) is 0 Å². The fourth-order valence-electron chi connectivity index (χ4n) is 1.63. The number of amides is 2. The van der Waals surface area contributed by atoms with E-state index < -0.39 is 22.2 Å². The number of rotatable bonds is 4. The van der Waals surface area contributed by atoms with Crippen LogP contribution in [0.3, 0.4) is 0 Å². The van der Waals surface area contributed by atoms with Crippen LogP contribution in [0.2, 0.25) is 0 Å². The summed E-state index contributed by atoms with van der Waals surface area (Å²) in [7, 11) is 1.33. The molecule has 0 saturated carbocycles. The normalized spacial score (nSPS) is 11.0. The number of nitrogens with zero attached hydrogens (tertiary/aromatic N) is 1. The van der Waals surface area contributed by atoms with E-state index in [-0.39, 0.29) is 16.3 Å². The molecule has 2 N–H and O–H groups in total. The van der Waals surface area contributed by atoms with Crippen LogP contribution in [0.4, 0.5) is 21.0 Å². The largest absolute Gasteiger partial charge is 0.453 e. The smallest absolute Gasteiger partial charge is 0.411 e. The molecule has 128 valence electrons. The van der Waals surface area contributed by atoms with Gasteiger partial charge in [-0.15, -0.1) is 0 Å². The summed E-state index contributed by atoms with van der Waals surface area (Å²) in [5.74, 6) is 0. The number of anilines is 2. The molecule has 0 bridgehead atoms. The number of hydrogen-bond donors (Lipinski definition) is 2. The highest BCUT2D eigenvalue weighted by Crippen LogP contribution is 2.29. The van der Waals surface area contributed by atoms with E-state index in [2.05, 4.69) is 20.1 Å². The standard InChI is InChI=1S/C13H19N3O6S/c1-8-10(14-12(17)21-4)6-9(23(19,20)16(2)3)7-11(8)15-13(18)22-5/h6-7H,1-5H3,(H,14,17)(H,15,18). The van der Waals surface area contributed by atoms with Crippen LogP contribution in [0.1, 0.15) is 5.56 Å². The van der Waals surface area contributed by atoms with Crippen LogP contribution in [-0.4, -0.2) is 53.2 Å². The van der Waals surface area contributed by atoms with Crippen molar-refractivity contribution in [2.24, 2.45) is 0 Å². The molecule has 0 aromatic heterocycles. The molecule has 0 aliphatic heterocycles. The molecule has 0 aliphatic rings. The van der Waals surface area contributed by atoms with Crippen molar-refractivity contribution in [2.75, 3.05) is 38.9 Å². The second kappa shape index (κ2) is 7.29.